The van der Waals surface area contributed by atoms with Gasteiger partial charge in [0.15, 0.2) is 0 Å². The number of nitrogens with zero attached hydrogens (tertiary/aromatic N) is 1. The first-order valence-electron chi connectivity index (χ1n) is 4.16. The molecule has 0 spiro atoms. The van der Waals surface area contributed by atoms with Gasteiger partial charge in [-0.05, 0) is 17.7 Å². The van der Waals surface area contributed by atoms with Gasteiger partial charge >= 0.3 is 0 Å². The third-order valence-electron chi connectivity index (χ3n) is 1.84. The lowest BCUT2D eigenvalue weighted by molar-refractivity contribution is 0.0827. The molecule has 1 aromatic rings. The van der Waals surface area contributed by atoms with Crippen molar-refractivity contribution in [2.75, 3.05) is 14.1 Å². The van der Waals surface area contributed by atoms with Gasteiger partial charge in [0.1, 0.15) is 0 Å². The van der Waals surface area contributed by atoms with Crippen LogP contribution in [0.2, 0.25) is 0 Å². The van der Waals surface area contributed by atoms with Crippen LogP contribution in [0, 0.1) is 0 Å². The first-order valence-corrected chi connectivity index (χ1v) is 4.16. The molecule has 1 aromatic carbocycles. The van der Waals surface area contributed by atoms with E-state index in [1.807, 2.05) is 12.1 Å². The molecule has 0 aliphatic rings. The van der Waals surface area contributed by atoms with Crippen LogP contribution in [0.1, 0.15) is 15.9 Å². The molecule has 0 radical (unpaired) electrons. The third kappa shape index (κ3) is 2.29. The van der Waals surface area contributed by atoms with E-state index in [1.54, 1.807) is 31.1 Å². The molecular formula is C10H14N2O. The fourth-order valence-electron chi connectivity index (χ4n) is 1.04. The van der Waals surface area contributed by atoms with Crippen molar-refractivity contribution in [2.24, 2.45) is 5.73 Å². The Hall–Kier alpha value is -1.35. The predicted octanol–water partition coefficient (Wildman–Crippen LogP) is 0.847. The zero-order valence-corrected chi connectivity index (χ0v) is 7.95. The summed E-state index contributed by atoms with van der Waals surface area (Å²) in [5.41, 5.74) is 7.17. The summed E-state index contributed by atoms with van der Waals surface area (Å²) in [7, 11) is 3.47. The van der Waals surface area contributed by atoms with E-state index in [0.717, 1.165) is 5.56 Å². The van der Waals surface area contributed by atoms with Gasteiger partial charge in [0.25, 0.3) is 5.91 Å². The van der Waals surface area contributed by atoms with Crippen LogP contribution in [-0.4, -0.2) is 24.9 Å². The highest BCUT2D eigenvalue weighted by Crippen LogP contribution is 2.05. The van der Waals surface area contributed by atoms with E-state index in [1.165, 1.54) is 0 Å². The number of carbonyl (C=O) groups is 1. The van der Waals surface area contributed by atoms with Crippen LogP contribution >= 0.6 is 0 Å². The largest absolute Gasteiger partial charge is 0.345 e. The van der Waals surface area contributed by atoms with E-state index in [0.29, 0.717) is 12.1 Å². The molecular weight excluding hydrogens is 164 g/mol. The molecule has 0 saturated carbocycles. The molecule has 0 saturated heterocycles. The number of hydrogen-bond donors (Lipinski definition) is 1. The van der Waals surface area contributed by atoms with E-state index in [2.05, 4.69) is 0 Å². The van der Waals surface area contributed by atoms with Gasteiger partial charge in [-0.25, -0.2) is 0 Å². The third-order valence-corrected chi connectivity index (χ3v) is 1.84. The summed E-state index contributed by atoms with van der Waals surface area (Å²) < 4.78 is 0. The van der Waals surface area contributed by atoms with Crippen LogP contribution in [0.4, 0.5) is 0 Å². The Balaban J connectivity index is 2.86. The molecule has 3 nitrogen and oxygen atoms in total. The molecule has 1 rings (SSSR count). The maximum Gasteiger partial charge on any atom is 0.253 e. The fourth-order valence-corrected chi connectivity index (χ4v) is 1.04. The number of hydrogen-bond acceptors (Lipinski definition) is 2. The zero-order chi connectivity index (χ0) is 9.84. The average molecular weight is 178 g/mol. The van der Waals surface area contributed by atoms with Gasteiger partial charge in [-0.2, -0.15) is 0 Å². The van der Waals surface area contributed by atoms with Gasteiger partial charge in [-0.1, -0.05) is 12.1 Å². The second-order valence-corrected chi connectivity index (χ2v) is 3.10. The summed E-state index contributed by atoms with van der Waals surface area (Å²) in [6.45, 7) is 0.510. The van der Waals surface area contributed by atoms with E-state index in [-0.39, 0.29) is 5.91 Å². The standard InChI is InChI=1S/C10H14N2O/c1-12(2)10(13)9-5-3-8(7-11)4-6-9/h3-6H,7,11H2,1-2H3. The van der Waals surface area contributed by atoms with E-state index < -0.39 is 0 Å². The SMILES string of the molecule is CN(C)C(=O)c1ccc(CN)cc1. The molecule has 0 atom stereocenters. The normalized spacial score (nSPS) is 9.77. The monoisotopic (exact) mass is 178 g/mol. The van der Waals surface area contributed by atoms with E-state index in [4.69, 9.17) is 5.73 Å². The first-order chi connectivity index (χ1) is 6.15. The summed E-state index contributed by atoms with van der Waals surface area (Å²) in [5, 5.41) is 0. The average Bonchev–Trinajstić information content (AvgIpc) is 2.17. The molecule has 0 unspecified atom stereocenters. The Morgan fingerprint density at radius 1 is 1.31 bits per heavy atom. The summed E-state index contributed by atoms with van der Waals surface area (Å²) in [5.74, 6) is 0.0172. The minimum absolute atomic E-state index is 0.0172. The second kappa shape index (κ2) is 4.05. The zero-order valence-electron chi connectivity index (χ0n) is 7.95. The molecule has 0 bridgehead atoms. The fraction of sp³-hybridized carbons (Fsp3) is 0.300. The molecule has 0 aliphatic heterocycles. The molecule has 0 aromatic heterocycles. The second-order valence-electron chi connectivity index (χ2n) is 3.10. The summed E-state index contributed by atoms with van der Waals surface area (Å²) in [4.78, 5) is 13.0. The Labute approximate surface area is 78.2 Å². The van der Waals surface area contributed by atoms with Crippen molar-refractivity contribution in [3.05, 3.63) is 35.4 Å². The molecule has 1 amide bonds. The van der Waals surface area contributed by atoms with Crippen LogP contribution < -0.4 is 5.73 Å². The highest BCUT2D eigenvalue weighted by atomic mass is 16.2. The van der Waals surface area contributed by atoms with Crippen molar-refractivity contribution >= 4 is 5.91 Å². The van der Waals surface area contributed by atoms with Crippen molar-refractivity contribution in [3.8, 4) is 0 Å². The minimum Gasteiger partial charge on any atom is -0.345 e. The van der Waals surface area contributed by atoms with Crippen LogP contribution in [0.25, 0.3) is 0 Å². The van der Waals surface area contributed by atoms with E-state index >= 15 is 0 Å². The Bertz CT molecular complexity index is 290. The highest BCUT2D eigenvalue weighted by molar-refractivity contribution is 5.93. The van der Waals surface area contributed by atoms with Crippen LogP contribution in [0.3, 0.4) is 0 Å². The number of benzene rings is 1. The maximum absolute atomic E-state index is 11.4. The first kappa shape index (κ1) is 9.74. The number of nitrogens with two attached hydrogens (primary N) is 1. The van der Waals surface area contributed by atoms with Crippen molar-refractivity contribution < 1.29 is 4.79 Å². The van der Waals surface area contributed by atoms with Crippen molar-refractivity contribution in [2.45, 2.75) is 6.54 Å². The number of carbonyl (C=O) groups excluding carboxylic acids is 1. The summed E-state index contributed by atoms with van der Waals surface area (Å²) in [6, 6.07) is 7.34. The van der Waals surface area contributed by atoms with Crippen LogP contribution in [-0.2, 0) is 6.54 Å². The number of rotatable bonds is 2. The van der Waals surface area contributed by atoms with Crippen molar-refractivity contribution in [1.82, 2.24) is 4.90 Å². The number of amides is 1. The molecule has 2 N–H and O–H groups in total. The lowest BCUT2D eigenvalue weighted by Crippen LogP contribution is -2.21. The molecule has 70 valence electrons. The Morgan fingerprint density at radius 3 is 2.23 bits per heavy atom. The van der Waals surface area contributed by atoms with Gasteiger partial charge in [0, 0.05) is 26.2 Å². The predicted molar refractivity (Wildman–Crippen MR) is 52.4 cm³/mol. The summed E-state index contributed by atoms with van der Waals surface area (Å²) in [6.07, 6.45) is 0. The topological polar surface area (TPSA) is 46.3 Å². The molecule has 0 fully saturated rings. The molecule has 0 heterocycles. The maximum atomic E-state index is 11.4. The quantitative estimate of drug-likeness (QED) is 0.729. The van der Waals surface area contributed by atoms with Gasteiger partial charge in [-0.3, -0.25) is 4.79 Å². The Kier molecular flexibility index (Phi) is 3.03. The highest BCUT2D eigenvalue weighted by Gasteiger charge is 2.06. The lowest BCUT2D eigenvalue weighted by atomic mass is 10.1. The smallest absolute Gasteiger partial charge is 0.253 e. The van der Waals surface area contributed by atoms with Crippen molar-refractivity contribution in [1.29, 1.82) is 0 Å². The van der Waals surface area contributed by atoms with Gasteiger partial charge in [0.05, 0.1) is 0 Å². The minimum atomic E-state index is 0.0172. The lowest BCUT2D eigenvalue weighted by Gasteiger charge is -2.09. The van der Waals surface area contributed by atoms with Crippen LogP contribution in [0.5, 0.6) is 0 Å². The summed E-state index contributed by atoms with van der Waals surface area (Å²) >= 11 is 0. The van der Waals surface area contributed by atoms with Gasteiger partial charge in [0.2, 0.25) is 0 Å². The van der Waals surface area contributed by atoms with Crippen molar-refractivity contribution in [3.63, 3.8) is 0 Å². The molecule has 0 aliphatic carbocycles. The van der Waals surface area contributed by atoms with Gasteiger partial charge < -0.3 is 10.6 Å². The molecule has 13 heavy (non-hydrogen) atoms. The molecule has 3 heteroatoms. The van der Waals surface area contributed by atoms with Crippen LogP contribution in [0.15, 0.2) is 24.3 Å². The van der Waals surface area contributed by atoms with E-state index in [9.17, 15) is 4.79 Å². The van der Waals surface area contributed by atoms with Gasteiger partial charge in [-0.15, -0.1) is 0 Å². The Morgan fingerprint density at radius 2 is 1.85 bits per heavy atom.